The van der Waals surface area contributed by atoms with Crippen LogP contribution in [-0.4, -0.2) is 60.6 Å². The van der Waals surface area contributed by atoms with Gasteiger partial charge in [-0.3, -0.25) is 4.79 Å². The van der Waals surface area contributed by atoms with Gasteiger partial charge < -0.3 is 19.4 Å². The highest BCUT2D eigenvalue weighted by molar-refractivity contribution is 5.66. The molecule has 3 rings (SSSR count). The van der Waals surface area contributed by atoms with E-state index in [0.29, 0.717) is 41.1 Å². The second-order valence-electron chi connectivity index (χ2n) is 9.83. The van der Waals surface area contributed by atoms with E-state index >= 15 is 0 Å². The Morgan fingerprint density at radius 1 is 1.21 bits per heavy atom. The molecule has 2 aromatic rings. The number of aryl methyl sites for hydroxylation is 1. The minimum absolute atomic E-state index is 0.106. The van der Waals surface area contributed by atoms with Crippen molar-refractivity contribution in [2.45, 2.75) is 44.6 Å². The lowest BCUT2D eigenvalue weighted by atomic mass is 10.0. The molecule has 0 heterocycles. The summed E-state index contributed by atoms with van der Waals surface area (Å²) in [5.74, 6) is 0.287. The number of carbonyl (C=O) groups is 1. The van der Waals surface area contributed by atoms with Gasteiger partial charge >= 0.3 is 5.97 Å². The number of rotatable bonds is 12. The van der Waals surface area contributed by atoms with Gasteiger partial charge in [0.25, 0.3) is 0 Å². The molecule has 0 saturated heterocycles. The molecule has 0 spiro atoms. The summed E-state index contributed by atoms with van der Waals surface area (Å²) in [5.41, 5.74) is 4.28. The number of carboxylic acid groups (broad SMARTS) is 1. The van der Waals surface area contributed by atoms with Crippen LogP contribution >= 0.6 is 0 Å². The van der Waals surface area contributed by atoms with Crippen molar-refractivity contribution in [3.63, 3.8) is 0 Å². The molecule has 6 nitrogen and oxygen atoms in total. The molecule has 33 heavy (non-hydrogen) atoms. The molecule has 176 valence electrons. The largest absolute Gasteiger partial charge is 0.489 e. The van der Waals surface area contributed by atoms with Crippen LogP contribution in [0.1, 0.15) is 41.5 Å². The maximum Gasteiger partial charge on any atom is 0.303 e. The number of aliphatic hydroxyl groups is 1. The van der Waals surface area contributed by atoms with E-state index in [1.54, 1.807) is 12.1 Å². The van der Waals surface area contributed by atoms with Gasteiger partial charge in [0.1, 0.15) is 31.1 Å². The van der Waals surface area contributed by atoms with Crippen LogP contribution in [0.4, 0.5) is 0 Å². The fraction of sp³-hybridized carbons (Fsp3) is 0.481. The number of carboxylic acids is 1. The Kier molecular flexibility index (Phi) is 8.49. The molecule has 0 bridgehead atoms. The molecule has 0 amide bonds. The highest BCUT2D eigenvalue weighted by Gasteiger charge is 2.26. The molecular formula is C27H35N2O4+. The number of quaternary nitrogens is 1. The smallest absolute Gasteiger partial charge is 0.303 e. The number of aliphatic carboxylic acids is 1. The molecule has 1 atom stereocenters. The zero-order chi connectivity index (χ0) is 23.8. The van der Waals surface area contributed by atoms with Crippen LogP contribution in [0.5, 0.6) is 5.75 Å². The molecule has 0 radical (unpaired) electrons. The van der Waals surface area contributed by atoms with Gasteiger partial charge in [-0.05, 0) is 60.4 Å². The van der Waals surface area contributed by atoms with Gasteiger partial charge in [-0.15, -0.1) is 0 Å². The summed E-state index contributed by atoms with van der Waals surface area (Å²) < 4.78 is 6.53. The number of hydrogen-bond acceptors (Lipinski definition) is 4. The van der Waals surface area contributed by atoms with E-state index in [-0.39, 0.29) is 13.0 Å². The minimum Gasteiger partial charge on any atom is -0.489 e. The van der Waals surface area contributed by atoms with Crippen molar-refractivity contribution in [3.8, 4) is 11.8 Å². The van der Waals surface area contributed by atoms with Crippen LogP contribution in [0.3, 0.4) is 0 Å². The number of fused-ring (bicyclic) bond motifs is 1. The first-order valence-electron chi connectivity index (χ1n) is 11.7. The second kappa shape index (κ2) is 11.3. The third-order valence-electron chi connectivity index (χ3n) is 6.44. The molecule has 2 aromatic carbocycles. The molecule has 0 unspecified atom stereocenters. The quantitative estimate of drug-likeness (QED) is 0.481. The summed E-state index contributed by atoms with van der Waals surface area (Å²) in [6, 6.07) is 16.1. The average molecular weight is 452 g/mol. The Morgan fingerprint density at radius 3 is 2.55 bits per heavy atom. The molecule has 6 heteroatoms. The molecule has 0 aromatic heterocycles. The number of nitrogens with zero attached hydrogens (tertiary/aromatic N) is 2. The number of likely N-dealkylation sites (N-methyl/N-ethyl adjacent to an activating group) is 1. The number of hydrogen-bond donors (Lipinski definition) is 2. The predicted molar refractivity (Wildman–Crippen MR) is 127 cm³/mol. The monoisotopic (exact) mass is 451 g/mol. The topological polar surface area (TPSA) is 90.6 Å². The first-order valence-corrected chi connectivity index (χ1v) is 11.7. The molecule has 0 fully saturated rings. The summed E-state index contributed by atoms with van der Waals surface area (Å²) in [6.45, 7) is 1.67. The average Bonchev–Trinajstić information content (AvgIpc) is 3.19. The molecule has 0 saturated carbocycles. The summed E-state index contributed by atoms with van der Waals surface area (Å²) in [5, 5.41) is 28.8. The Balaban J connectivity index is 1.47. The van der Waals surface area contributed by atoms with Crippen molar-refractivity contribution < 1.29 is 24.2 Å². The standard InChI is InChI=1S/C27H34N2O4/c1-29(2,13-12-21-14-22-7-3-4-8-23(22)15-21)18-25(30)19-33-26-16-20(6-5-9-27(31)32)10-11-24(26)17-28/h3-4,7-8,10-11,16,21,25,30H,5-6,9,12-15,18-19H2,1-2H3/p+1/t25-/m1/s1. The van der Waals surface area contributed by atoms with Crippen molar-refractivity contribution in [1.29, 1.82) is 5.26 Å². The van der Waals surface area contributed by atoms with E-state index in [1.807, 2.05) is 6.07 Å². The van der Waals surface area contributed by atoms with Crippen molar-refractivity contribution in [2.24, 2.45) is 5.92 Å². The van der Waals surface area contributed by atoms with E-state index in [1.165, 1.54) is 11.1 Å². The Labute approximate surface area is 196 Å². The number of benzene rings is 2. The zero-order valence-electron chi connectivity index (χ0n) is 19.7. The third-order valence-corrected chi connectivity index (χ3v) is 6.44. The molecule has 1 aliphatic rings. The van der Waals surface area contributed by atoms with E-state index < -0.39 is 12.1 Å². The first kappa shape index (κ1) is 24.8. The number of ether oxygens (including phenoxy) is 1. The summed E-state index contributed by atoms with van der Waals surface area (Å²) in [4.78, 5) is 10.7. The highest BCUT2D eigenvalue weighted by atomic mass is 16.5. The van der Waals surface area contributed by atoms with Crippen LogP contribution in [-0.2, 0) is 24.1 Å². The second-order valence-corrected chi connectivity index (χ2v) is 9.83. The van der Waals surface area contributed by atoms with Gasteiger partial charge in [0.2, 0.25) is 0 Å². The van der Waals surface area contributed by atoms with E-state index in [9.17, 15) is 15.2 Å². The van der Waals surface area contributed by atoms with E-state index in [0.717, 1.165) is 31.4 Å². The maximum absolute atomic E-state index is 10.7. The van der Waals surface area contributed by atoms with Gasteiger partial charge in [0.15, 0.2) is 0 Å². The lowest BCUT2D eigenvalue weighted by molar-refractivity contribution is -0.894. The maximum atomic E-state index is 10.7. The number of aliphatic hydroxyl groups excluding tert-OH is 1. The summed E-state index contributed by atoms with van der Waals surface area (Å²) >= 11 is 0. The normalized spacial score (nSPS) is 14.5. The Bertz CT molecular complexity index is 971. The van der Waals surface area contributed by atoms with Crippen LogP contribution in [0, 0.1) is 17.2 Å². The van der Waals surface area contributed by atoms with Gasteiger partial charge in [0.05, 0.1) is 26.2 Å². The van der Waals surface area contributed by atoms with E-state index in [2.05, 4.69) is 44.4 Å². The van der Waals surface area contributed by atoms with Crippen LogP contribution in [0.2, 0.25) is 0 Å². The number of nitriles is 1. The highest BCUT2D eigenvalue weighted by Crippen LogP contribution is 2.29. The molecule has 0 aliphatic heterocycles. The summed E-state index contributed by atoms with van der Waals surface area (Å²) in [6.07, 6.45) is 3.99. The molecule has 2 N–H and O–H groups in total. The lowest BCUT2D eigenvalue weighted by Crippen LogP contribution is -2.48. The minimum atomic E-state index is -0.818. The van der Waals surface area contributed by atoms with Crippen molar-refractivity contribution in [2.75, 3.05) is 33.8 Å². The Morgan fingerprint density at radius 2 is 1.91 bits per heavy atom. The van der Waals surface area contributed by atoms with Crippen molar-refractivity contribution in [3.05, 3.63) is 64.7 Å². The zero-order valence-corrected chi connectivity index (χ0v) is 19.7. The Hall–Kier alpha value is -2.88. The third kappa shape index (κ3) is 7.59. The van der Waals surface area contributed by atoms with Crippen molar-refractivity contribution in [1.82, 2.24) is 0 Å². The summed E-state index contributed by atoms with van der Waals surface area (Å²) in [7, 11) is 4.27. The van der Waals surface area contributed by atoms with Crippen LogP contribution < -0.4 is 4.74 Å². The lowest BCUT2D eigenvalue weighted by Gasteiger charge is -2.32. The molecular weight excluding hydrogens is 416 g/mol. The van der Waals surface area contributed by atoms with Crippen LogP contribution in [0.15, 0.2) is 42.5 Å². The van der Waals surface area contributed by atoms with Crippen LogP contribution in [0.25, 0.3) is 0 Å². The van der Waals surface area contributed by atoms with Gasteiger partial charge in [-0.1, -0.05) is 30.3 Å². The first-order chi connectivity index (χ1) is 15.8. The van der Waals surface area contributed by atoms with Gasteiger partial charge in [0, 0.05) is 12.8 Å². The van der Waals surface area contributed by atoms with E-state index in [4.69, 9.17) is 9.84 Å². The SMILES string of the molecule is C[N+](C)(CCC1Cc2ccccc2C1)C[C@@H](O)COc1cc(CCCC(=O)O)ccc1C#N. The fourth-order valence-corrected chi connectivity index (χ4v) is 4.66. The van der Waals surface area contributed by atoms with Gasteiger partial charge in [-0.25, -0.2) is 0 Å². The fourth-order valence-electron chi connectivity index (χ4n) is 4.66. The predicted octanol–water partition coefficient (Wildman–Crippen LogP) is 3.59. The van der Waals surface area contributed by atoms with Gasteiger partial charge in [-0.2, -0.15) is 5.26 Å². The molecule has 1 aliphatic carbocycles. The van der Waals surface area contributed by atoms with Crippen molar-refractivity contribution >= 4 is 5.97 Å².